The Morgan fingerprint density at radius 1 is 1.21 bits per heavy atom. The first-order chi connectivity index (χ1) is 8.78. The molecule has 0 aliphatic rings. The van der Waals surface area contributed by atoms with Gasteiger partial charge in [-0.05, 0) is 38.0 Å². The van der Waals surface area contributed by atoms with Crippen LogP contribution in [0.4, 0.5) is 8.78 Å². The third kappa shape index (κ3) is 3.90. The second-order valence-corrected chi connectivity index (χ2v) is 5.13. The highest BCUT2D eigenvalue weighted by molar-refractivity contribution is 5.31. The highest BCUT2D eigenvalue weighted by atomic mass is 19.3. The van der Waals surface area contributed by atoms with Gasteiger partial charge in [0.05, 0.1) is 11.7 Å². The van der Waals surface area contributed by atoms with Gasteiger partial charge in [0, 0.05) is 5.92 Å². The average molecular weight is 272 g/mol. The van der Waals surface area contributed by atoms with Crippen LogP contribution in [-0.2, 0) is 5.60 Å². The molecule has 0 spiro atoms. The molecule has 0 aliphatic heterocycles. The molecule has 3 unspecified atom stereocenters. The van der Waals surface area contributed by atoms with E-state index in [4.69, 9.17) is 4.74 Å². The average Bonchev–Trinajstić information content (AvgIpc) is 2.38. The monoisotopic (exact) mass is 272 g/mol. The molecule has 0 amide bonds. The molecule has 108 valence electrons. The summed E-state index contributed by atoms with van der Waals surface area (Å²) in [4.78, 5) is 0. The van der Waals surface area contributed by atoms with E-state index in [1.807, 2.05) is 13.8 Å². The molecule has 1 aromatic carbocycles. The van der Waals surface area contributed by atoms with Gasteiger partial charge in [0.2, 0.25) is 6.43 Å². The van der Waals surface area contributed by atoms with Gasteiger partial charge < -0.3 is 9.84 Å². The minimum Gasteiger partial charge on any atom is -0.491 e. The fourth-order valence-electron chi connectivity index (χ4n) is 1.69. The van der Waals surface area contributed by atoms with Gasteiger partial charge in [-0.25, -0.2) is 8.78 Å². The molecule has 1 N–H and O–H groups in total. The molecule has 0 aromatic heterocycles. The van der Waals surface area contributed by atoms with Crippen LogP contribution in [0.5, 0.6) is 5.75 Å². The van der Waals surface area contributed by atoms with Gasteiger partial charge in [0.1, 0.15) is 5.75 Å². The van der Waals surface area contributed by atoms with Crippen LogP contribution >= 0.6 is 0 Å². The zero-order valence-electron chi connectivity index (χ0n) is 11.9. The molecule has 4 heteroatoms. The number of aliphatic hydroxyl groups is 1. The Hall–Kier alpha value is -1.16. The summed E-state index contributed by atoms with van der Waals surface area (Å²) in [5, 5.41) is 10.2. The first kappa shape index (κ1) is 15.9. The molecule has 1 aromatic rings. The summed E-state index contributed by atoms with van der Waals surface area (Å²) in [6.45, 7) is 6.74. The summed E-state index contributed by atoms with van der Waals surface area (Å²) in [5.74, 6) is -0.451. The molecule has 2 nitrogen and oxygen atoms in total. The van der Waals surface area contributed by atoms with Crippen LogP contribution in [0.15, 0.2) is 24.3 Å². The Kier molecular flexibility index (Phi) is 5.29. The number of hydrogen-bond donors (Lipinski definition) is 1. The normalized spacial score (nSPS) is 17.9. The molecule has 0 heterocycles. The summed E-state index contributed by atoms with van der Waals surface area (Å²) in [5.41, 5.74) is -1.08. The molecule has 3 atom stereocenters. The minimum absolute atomic E-state index is 0.103. The van der Waals surface area contributed by atoms with Crippen LogP contribution in [0.3, 0.4) is 0 Å². The highest BCUT2D eigenvalue weighted by Gasteiger charge is 2.36. The van der Waals surface area contributed by atoms with Crippen LogP contribution < -0.4 is 4.74 Å². The number of hydrogen-bond acceptors (Lipinski definition) is 2. The lowest BCUT2D eigenvalue weighted by Crippen LogP contribution is -2.34. The molecule has 0 aliphatic carbocycles. The zero-order chi connectivity index (χ0) is 14.6. The third-order valence-electron chi connectivity index (χ3n) is 3.62. The van der Waals surface area contributed by atoms with E-state index in [0.717, 1.165) is 6.42 Å². The van der Waals surface area contributed by atoms with Gasteiger partial charge in [0.15, 0.2) is 0 Å². The van der Waals surface area contributed by atoms with E-state index in [1.165, 1.54) is 13.8 Å². The molecule has 0 saturated heterocycles. The van der Waals surface area contributed by atoms with E-state index in [1.54, 1.807) is 24.3 Å². The predicted octanol–water partition coefficient (Wildman–Crippen LogP) is 3.97. The summed E-state index contributed by atoms with van der Waals surface area (Å²) < 4.78 is 31.1. The van der Waals surface area contributed by atoms with Crippen molar-refractivity contribution < 1.29 is 18.6 Å². The second-order valence-electron chi connectivity index (χ2n) is 5.13. The predicted molar refractivity (Wildman–Crippen MR) is 71.6 cm³/mol. The SMILES string of the molecule is CCC(C)Oc1ccc(C(C)(O)C(C)C(F)F)cc1. The smallest absolute Gasteiger partial charge is 0.244 e. The quantitative estimate of drug-likeness (QED) is 0.849. The Balaban J connectivity index is 2.86. The lowest BCUT2D eigenvalue weighted by molar-refractivity contribution is -0.0696. The number of rotatable bonds is 6. The van der Waals surface area contributed by atoms with Crippen LogP contribution in [0.25, 0.3) is 0 Å². The summed E-state index contributed by atoms with van der Waals surface area (Å²) in [6.07, 6.45) is -1.57. The summed E-state index contributed by atoms with van der Waals surface area (Å²) in [6, 6.07) is 6.68. The zero-order valence-corrected chi connectivity index (χ0v) is 11.9. The largest absolute Gasteiger partial charge is 0.491 e. The maximum absolute atomic E-state index is 12.7. The van der Waals surface area contributed by atoms with Crippen molar-refractivity contribution in [1.82, 2.24) is 0 Å². The third-order valence-corrected chi connectivity index (χ3v) is 3.62. The standard InChI is InChI=1S/C15H22F2O2/c1-5-10(2)19-13-8-6-12(7-9-13)15(4,18)11(3)14(16)17/h6-11,14,18H,5H2,1-4H3. The lowest BCUT2D eigenvalue weighted by Gasteiger charge is -2.30. The van der Waals surface area contributed by atoms with Gasteiger partial charge in [-0.3, -0.25) is 0 Å². The van der Waals surface area contributed by atoms with Gasteiger partial charge >= 0.3 is 0 Å². The molecule has 0 saturated carbocycles. The molecular weight excluding hydrogens is 250 g/mol. The first-order valence-electron chi connectivity index (χ1n) is 6.56. The van der Waals surface area contributed by atoms with E-state index >= 15 is 0 Å². The van der Waals surface area contributed by atoms with Gasteiger partial charge in [-0.15, -0.1) is 0 Å². The molecular formula is C15H22F2O2. The highest BCUT2D eigenvalue weighted by Crippen LogP contribution is 2.34. The lowest BCUT2D eigenvalue weighted by atomic mass is 9.84. The molecule has 1 rings (SSSR count). The van der Waals surface area contributed by atoms with Crippen molar-refractivity contribution in [2.24, 2.45) is 5.92 Å². The molecule has 0 radical (unpaired) electrons. The van der Waals surface area contributed by atoms with Crippen LogP contribution in [0, 0.1) is 5.92 Å². The van der Waals surface area contributed by atoms with Crippen LogP contribution in [-0.4, -0.2) is 17.6 Å². The fraction of sp³-hybridized carbons (Fsp3) is 0.600. The van der Waals surface area contributed by atoms with Crippen LogP contribution in [0.2, 0.25) is 0 Å². The van der Waals surface area contributed by atoms with Crippen molar-refractivity contribution in [1.29, 1.82) is 0 Å². The maximum atomic E-state index is 12.7. The Labute approximate surface area is 113 Å². The number of alkyl halides is 2. The van der Waals surface area contributed by atoms with Crippen molar-refractivity contribution in [2.45, 2.75) is 52.2 Å². The van der Waals surface area contributed by atoms with Crippen molar-refractivity contribution in [3.63, 3.8) is 0 Å². The van der Waals surface area contributed by atoms with Crippen molar-refractivity contribution in [3.8, 4) is 5.75 Å². The van der Waals surface area contributed by atoms with Gasteiger partial charge in [0.25, 0.3) is 0 Å². The Morgan fingerprint density at radius 2 is 1.74 bits per heavy atom. The van der Waals surface area contributed by atoms with E-state index in [9.17, 15) is 13.9 Å². The van der Waals surface area contributed by atoms with E-state index < -0.39 is 17.9 Å². The van der Waals surface area contributed by atoms with Gasteiger partial charge in [-0.1, -0.05) is 26.0 Å². The molecule has 19 heavy (non-hydrogen) atoms. The van der Waals surface area contributed by atoms with Crippen molar-refractivity contribution in [3.05, 3.63) is 29.8 Å². The number of halogens is 2. The topological polar surface area (TPSA) is 29.5 Å². The van der Waals surface area contributed by atoms with E-state index in [2.05, 4.69) is 0 Å². The maximum Gasteiger partial charge on any atom is 0.244 e. The number of ether oxygens (including phenoxy) is 1. The summed E-state index contributed by atoms with van der Waals surface area (Å²) >= 11 is 0. The van der Waals surface area contributed by atoms with E-state index in [0.29, 0.717) is 11.3 Å². The fourth-order valence-corrected chi connectivity index (χ4v) is 1.69. The Bertz CT molecular complexity index is 388. The van der Waals surface area contributed by atoms with Crippen LogP contribution in [0.1, 0.15) is 39.7 Å². The molecule has 0 fully saturated rings. The number of benzene rings is 1. The Morgan fingerprint density at radius 3 is 2.16 bits per heavy atom. The minimum atomic E-state index is -2.56. The first-order valence-corrected chi connectivity index (χ1v) is 6.56. The van der Waals surface area contributed by atoms with Gasteiger partial charge in [-0.2, -0.15) is 0 Å². The van der Waals surface area contributed by atoms with E-state index in [-0.39, 0.29) is 6.10 Å². The van der Waals surface area contributed by atoms with Crippen molar-refractivity contribution in [2.75, 3.05) is 0 Å². The van der Waals surface area contributed by atoms with Crippen molar-refractivity contribution >= 4 is 0 Å². The molecule has 0 bridgehead atoms. The second kappa shape index (κ2) is 6.33. The summed E-state index contributed by atoms with van der Waals surface area (Å²) in [7, 11) is 0.